The number of carbonyl (C=O) groups is 2. The molecule has 2 rings (SSSR count). The number of anilines is 2. The minimum absolute atomic E-state index is 0.244. The lowest BCUT2D eigenvalue weighted by atomic mass is 10.1. The highest BCUT2D eigenvalue weighted by atomic mass is 16.2. The molecule has 2 amide bonds. The van der Waals surface area contributed by atoms with Crippen molar-refractivity contribution in [1.82, 2.24) is 15.5 Å². The molecule has 1 aromatic heterocycles. The predicted octanol–water partition coefficient (Wildman–Crippen LogP) is -0.724. The summed E-state index contributed by atoms with van der Waals surface area (Å²) in [7, 11) is 0. The van der Waals surface area contributed by atoms with E-state index in [9.17, 15) is 9.59 Å². The van der Waals surface area contributed by atoms with Gasteiger partial charge in [-0.1, -0.05) is 0 Å². The number of amides is 2. The van der Waals surface area contributed by atoms with E-state index in [0.29, 0.717) is 24.5 Å². The molecule has 1 aliphatic rings. The second-order valence-corrected chi connectivity index (χ2v) is 3.49. The average molecular weight is 221 g/mol. The number of aromatic nitrogens is 2. The molecule has 16 heavy (non-hydrogen) atoms. The Balaban J connectivity index is 2.02. The second kappa shape index (κ2) is 4.13. The summed E-state index contributed by atoms with van der Waals surface area (Å²) in [6.07, 6.45) is 0.780. The molecule has 1 unspecified atom stereocenters. The van der Waals surface area contributed by atoms with Crippen LogP contribution in [0.5, 0.6) is 0 Å². The van der Waals surface area contributed by atoms with Gasteiger partial charge in [0.05, 0.1) is 0 Å². The lowest BCUT2D eigenvalue weighted by Gasteiger charge is -2.21. The number of imide groups is 1. The Bertz CT molecular complexity index is 416. The summed E-state index contributed by atoms with van der Waals surface area (Å²) in [6.45, 7) is 0. The van der Waals surface area contributed by atoms with Crippen molar-refractivity contribution in [1.29, 1.82) is 0 Å². The first-order chi connectivity index (χ1) is 7.65. The monoisotopic (exact) mass is 221 g/mol. The van der Waals surface area contributed by atoms with Crippen LogP contribution >= 0.6 is 0 Å². The predicted molar refractivity (Wildman–Crippen MR) is 56.2 cm³/mol. The SMILES string of the molecule is Nc1ccc(NC2CCC(=O)NC2=O)nn1. The van der Waals surface area contributed by atoms with E-state index in [-0.39, 0.29) is 11.8 Å². The molecule has 1 fully saturated rings. The minimum atomic E-state index is -0.448. The number of carbonyl (C=O) groups excluding carboxylic acids is 2. The van der Waals surface area contributed by atoms with Gasteiger partial charge in [-0.2, -0.15) is 0 Å². The molecule has 1 atom stereocenters. The van der Waals surface area contributed by atoms with Crippen molar-refractivity contribution in [3.63, 3.8) is 0 Å². The van der Waals surface area contributed by atoms with Crippen LogP contribution in [0, 0.1) is 0 Å². The van der Waals surface area contributed by atoms with Crippen LogP contribution in [0.25, 0.3) is 0 Å². The van der Waals surface area contributed by atoms with Crippen LogP contribution in [0.15, 0.2) is 12.1 Å². The molecular formula is C9H11N5O2. The molecule has 0 aliphatic carbocycles. The van der Waals surface area contributed by atoms with Gasteiger partial charge in [-0.05, 0) is 18.6 Å². The highest BCUT2D eigenvalue weighted by Gasteiger charge is 2.26. The van der Waals surface area contributed by atoms with Gasteiger partial charge in [0.1, 0.15) is 17.7 Å². The van der Waals surface area contributed by atoms with E-state index in [1.165, 1.54) is 0 Å². The molecule has 1 saturated heterocycles. The maximum absolute atomic E-state index is 11.4. The van der Waals surface area contributed by atoms with Gasteiger partial charge >= 0.3 is 0 Å². The third kappa shape index (κ3) is 2.25. The summed E-state index contributed by atoms with van der Waals surface area (Å²) < 4.78 is 0. The quantitative estimate of drug-likeness (QED) is 0.568. The van der Waals surface area contributed by atoms with Gasteiger partial charge in [-0.15, -0.1) is 10.2 Å². The number of nitrogen functional groups attached to an aromatic ring is 1. The molecule has 1 aliphatic heterocycles. The van der Waals surface area contributed by atoms with Crippen molar-refractivity contribution >= 4 is 23.5 Å². The van der Waals surface area contributed by atoms with Crippen LogP contribution in [-0.2, 0) is 9.59 Å². The van der Waals surface area contributed by atoms with Crippen LogP contribution < -0.4 is 16.4 Å². The highest BCUT2D eigenvalue weighted by Crippen LogP contribution is 2.11. The van der Waals surface area contributed by atoms with Crippen LogP contribution in [0.3, 0.4) is 0 Å². The summed E-state index contributed by atoms with van der Waals surface area (Å²) in [5, 5.41) is 12.6. The summed E-state index contributed by atoms with van der Waals surface area (Å²) in [4.78, 5) is 22.3. The van der Waals surface area contributed by atoms with Crippen molar-refractivity contribution in [2.45, 2.75) is 18.9 Å². The van der Waals surface area contributed by atoms with E-state index in [1.807, 2.05) is 0 Å². The molecule has 4 N–H and O–H groups in total. The van der Waals surface area contributed by atoms with E-state index in [0.717, 1.165) is 0 Å². The van der Waals surface area contributed by atoms with E-state index in [1.54, 1.807) is 12.1 Å². The van der Waals surface area contributed by atoms with E-state index in [4.69, 9.17) is 5.73 Å². The molecule has 0 spiro atoms. The maximum atomic E-state index is 11.4. The number of rotatable bonds is 2. The lowest BCUT2D eigenvalue weighted by molar-refractivity contribution is -0.133. The van der Waals surface area contributed by atoms with Crippen molar-refractivity contribution in [2.75, 3.05) is 11.1 Å². The molecule has 0 bridgehead atoms. The summed E-state index contributed by atoms with van der Waals surface area (Å²) >= 11 is 0. The highest BCUT2D eigenvalue weighted by molar-refractivity contribution is 6.01. The standard InChI is InChI=1S/C9H11N5O2/c10-6-2-3-7(14-13-6)11-5-1-4-8(15)12-9(5)16/h2-3,5H,1,4H2,(H2,10,13)(H,11,14)(H,12,15,16). The van der Waals surface area contributed by atoms with E-state index < -0.39 is 6.04 Å². The first-order valence-electron chi connectivity index (χ1n) is 4.84. The molecule has 1 aromatic rings. The van der Waals surface area contributed by atoms with Crippen LogP contribution in [0.2, 0.25) is 0 Å². The van der Waals surface area contributed by atoms with Crippen molar-refractivity contribution in [3.8, 4) is 0 Å². The summed E-state index contributed by atoms with van der Waals surface area (Å²) in [5.74, 6) is 0.193. The second-order valence-electron chi connectivity index (χ2n) is 3.49. The molecular weight excluding hydrogens is 210 g/mol. The third-order valence-electron chi connectivity index (χ3n) is 2.25. The molecule has 2 heterocycles. The fourth-order valence-electron chi connectivity index (χ4n) is 1.43. The topological polar surface area (TPSA) is 110 Å². The van der Waals surface area contributed by atoms with Crippen molar-refractivity contribution < 1.29 is 9.59 Å². The number of nitrogens with one attached hydrogen (secondary N) is 2. The maximum Gasteiger partial charge on any atom is 0.249 e. The van der Waals surface area contributed by atoms with Gasteiger partial charge in [0.25, 0.3) is 0 Å². The molecule has 84 valence electrons. The molecule has 0 aromatic carbocycles. The first-order valence-corrected chi connectivity index (χ1v) is 4.84. The number of nitrogens with zero attached hydrogens (tertiary/aromatic N) is 2. The average Bonchev–Trinajstić information content (AvgIpc) is 2.25. The fraction of sp³-hybridized carbons (Fsp3) is 0.333. The zero-order valence-electron chi connectivity index (χ0n) is 8.43. The summed E-state index contributed by atoms with van der Waals surface area (Å²) in [5.41, 5.74) is 5.38. The lowest BCUT2D eigenvalue weighted by Crippen LogP contribution is -2.47. The van der Waals surface area contributed by atoms with Gasteiger partial charge in [-0.3, -0.25) is 14.9 Å². The van der Waals surface area contributed by atoms with Crippen molar-refractivity contribution in [3.05, 3.63) is 12.1 Å². The third-order valence-corrected chi connectivity index (χ3v) is 2.25. The molecule has 0 radical (unpaired) electrons. The van der Waals surface area contributed by atoms with Gasteiger partial charge in [0.2, 0.25) is 11.8 Å². The number of hydrogen-bond donors (Lipinski definition) is 3. The smallest absolute Gasteiger partial charge is 0.249 e. The fourth-order valence-corrected chi connectivity index (χ4v) is 1.43. The van der Waals surface area contributed by atoms with E-state index >= 15 is 0 Å². The Kier molecular flexibility index (Phi) is 2.67. The number of piperidine rings is 1. The van der Waals surface area contributed by atoms with Gasteiger partial charge in [0, 0.05) is 6.42 Å². The zero-order valence-corrected chi connectivity index (χ0v) is 8.43. The Morgan fingerprint density at radius 2 is 2.19 bits per heavy atom. The minimum Gasteiger partial charge on any atom is -0.382 e. The summed E-state index contributed by atoms with van der Waals surface area (Å²) in [6, 6.07) is 2.77. The first kappa shape index (κ1) is 10.3. The largest absolute Gasteiger partial charge is 0.382 e. The molecule has 7 nitrogen and oxygen atoms in total. The Labute approximate surface area is 91.4 Å². The van der Waals surface area contributed by atoms with Gasteiger partial charge in [-0.25, -0.2) is 0 Å². The van der Waals surface area contributed by atoms with Gasteiger partial charge in [0.15, 0.2) is 0 Å². The molecule has 0 saturated carbocycles. The van der Waals surface area contributed by atoms with Crippen LogP contribution in [-0.4, -0.2) is 28.1 Å². The number of nitrogens with two attached hydrogens (primary N) is 1. The Morgan fingerprint density at radius 3 is 2.81 bits per heavy atom. The number of hydrogen-bond acceptors (Lipinski definition) is 6. The zero-order chi connectivity index (χ0) is 11.5. The Hall–Kier alpha value is -2.18. The molecule has 7 heteroatoms. The van der Waals surface area contributed by atoms with Crippen LogP contribution in [0.4, 0.5) is 11.6 Å². The normalized spacial score (nSPS) is 20.4. The van der Waals surface area contributed by atoms with E-state index in [2.05, 4.69) is 20.8 Å². The Morgan fingerprint density at radius 1 is 1.38 bits per heavy atom. The van der Waals surface area contributed by atoms with Crippen LogP contribution in [0.1, 0.15) is 12.8 Å². The van der Waals surface area contributed by atoms with Gasteiger partial charge < -0.3 is 11.1 Å². The van der Waals surface area contributed by atoms with Crippen molar-refractivity contribution in [2.24, 2.45) is 0 Å².